The summed E-state index contributed by atoms with van der Waals surface area (Å²) in [5.74, 6) is 0.407. The van der Waals surface area contributed by atoms with E-state index in [4.69, 9.17) is 4.74 Å². The Kier molecular flexibility index (Phi) is 3.98. The van der Waals surface area contributed by atoms with E-state index in [0.29, 0.717) is 5.56 Å². The third-order valence-corrected chi connectivity index (χ3v) is 4.88. The van der Waals surface area contributed by atoms with Gasteiger partial charge in [0.05, 0.1) is 7.11 Å². The van der Waals surface area contributed by atoms with Gasteiger partial charge >= 0.3 is 0 Å². The number of methoxy groups -OCH3 is 1. The lowest BCUT2D eigenvalue weighted by molar-refractivity contribution is -0.155. The first kappa shape index (κ1) is 16.4. The van der Waals surface area contributed by atoms with Gasteiger partial charge in [0.2, 0.25) is 0 Å². The third kappa shape index (κ3) is 2.38. The van der Waals surface area contributed by atoms with Crippen molar-refractivity contribution in [3.8, 4) is 5.75 Å². The van der Waals surface area contributed by atoms with Gasteiger partial charge in [0.25, 0.3) is 5.91 Å². The van der Waals surface area contributed by atoms with Gasteiger partial charge in [-0.2, -0.15) is 0 Å². The maximum Gasteiger partial charge on any atom is 0.266 e. The van der Waals surface area contributed by atoms with Crippen LogP contribution in [0.1, 0.15) is 17.2 Å². The quantitative estimate of drug-likeness (QED) is 0.734. The van der Waals surface area contributed by atoms with E-state index in [1.165, 1.54) is 0 Å². The molecule has 1 amide bonds. The van der Waals surface area contributed by atoms with Crippen molar-refractivity contribution < 1.29 is 14.6 Å². The van der Waals surface area contributed by atoms with Crippen molar-refractivity contribution >= 4 is 11.6 Å². The Morgan fingerprint density at radius 2 is 1.46 bits per heavy atom. The minimum Gasteiger partial charge on any atom is -0.497 e. The van der Waals surface area contributed by atoms with Crippen LogP contribution >= 0.6 is 0 Å². The number of carbonyl (C=O) groups is 1. The molecule has 26 heavy (non-hydrogen) atoms. The van der Waals surface area contributed by atoms with Crippen molar-refractivity contribution in [1.82, 2.24) is 0 Å². The van der Waals surface area contributed by atoms with Crippen LogP contribution in [0, 0.1) is 0 Å². The average molecular weight is 345 g/mol. The van der Waals surface area contributed by atoms with Crippen molar-refractivity contribution in [3.05, 3.63) is 96.1 Å². The SMILES string of the molecule is COc1ccc(C2N(c3ccccc3)C(=O)C2(O)c2ccccc2)cc1. The van der Waals surface area contributed by atoms with Crippen molar-refractivity contribution in [2.24, 2.45) is 0 Å². The third-order valence-electron chi connectivity index (χ3n) is 4.88. The largest absolute Gasteiger partial charge is 0.497 e. The minimum absolute atomic E-state index is 0.323. The zero-order chi connectivity index (χ0) is 18.1. The van der Waals surface area contributed by atoms with E-state index >= 15 is 0 Å². The number of hydrogen-bond donors (Lipinski definition) is 1. The maximum absolute atomic E-state index is 13.0. The van der Waals surface area contributed by atoms with E-state index in [0.717, 1.165) is 17.0 Å². The number of carbonyl (C=O) groups excluding carboxylic acids is 1. The van der Waals surface area contributed by atoms with Crippen LogP contribution in [0.3, 0.4) is 0 Å². The molecule has 3 aromatic carbocycles. The predicted molar refractivity (Wildman–Crippen MR) is 100 cm³/mol. The van der Waals surface area contributed by atoms with Gasteiger partial charge in [-0.1, -0.05) is 60.7 Å². The first-order chi connectivity index (χ1) is 12.7. The summed E-state index contributed by atoms with van der Waals surface area (Å²) in [5, 5.41) is 11.4. The summed E-state index contributed by atoms with van der Waals surface area (Å²) in [7, 11) is 1.61. The molecule has 1 fully saturated rings. The molecule has 4 heteroatoms. The van der Waals surface area contributed by atoms with Gasteiger partial charge in [-0.05, 0) is 35.4 Å². The van der Waals surface area contributed by atoms with E-state index < -0.39 is 11.6 Å². The van der Waals surface area contributed by atoms with Gasteiger partial charge in [-0.15, -0.1) is 0 Å². The molecule has 3 aromatic rings. The molecule has 1 saturated heterocycles. The molecule has 0 aliphatic carbocycles. The van der Waals surface area contributed by atoms with Crippen LogP contribution < -0.4 is 9.64 Å². The van der Waals surface area contributed by atoms with Crippen LogP contribution in [0.5, 0.6) is 5.75 Å². The van der Waals surface area contributed by atoms with Crippen LogP contribution in [0.4, 0.5) is 5.69 Å². The van der Waals surface area contributed by atoms with E-state index in [9.17, 15) is 9.90 Å². The number of ether oxygens (including phenoxy) is 1. The molecule has 130 valence electrons. The second-order valence-electron chi connectivity index (χ2n) is 6.32. The summed E-state index contributed by atoms with van der Waals surface area (Å²) in [5.41, 5.74) is 0.614. The zero-order valence-electron chi connectivity index (χ0n) is 14.4. The molecular formula is C22H19NO3. The van der Waals surface area contributed by atoms with Gasteiger partial charge < -0.3 is 9.84 Å². The highest BCUT2D eigenvalue weighted by Gasteiger charge is 2.62. The highest BCUT2D eigenvalue weighted by atomic mass is 16.5. The fourth-order valence-electron chi connectivity index (χ4n) is 3.54. The van der Waals surface area contributed by atoms with Crippen molar-refractivity contribution in [1.29, 1.82) is 0 Å². The van der Waals surface area contributed by atoms with Gasteiger partial charge in [0.15, 0.2) is 5.60 Å². The number of aliphatic hydroxyl groups is 1. The standard InChI is InChI=1S/C22H19NO3/c1-26-19-14-12-16(13-15-19)20-22(25,17-8-4-2-5-9-17)21(24)23(20)18-10-6-3-7-11-18/h2-15,20,25H,1H3. The van der Waals surface area contributed by atoms with Gasteiger partial charge in [-0.25, -0.2) is 0 Å². The van der Waals surface area contributed by atoms with Crippen molar-refractivity contribution in [2.45, 2.75) is 11.6 Å². The summed E-state index contributed by atoms with van der Waals surface area (Å²) in [4.78, 5) is 14.7. The molecule has 0 spiro atoms. The fraction of sp³-hybridized carbons (Fsp3) is 0.136. The molecule has 0 saturated carbocycles. The molecule has 1 heterocycles. The molecule has 1 aliphatic rings. The van der Waals surface area contributed by atoms with E-state index in [-0.39, 0.29) is 5.91 Å². The Labute approximate surface area is 152 Å². The predicted octanol–water partition coefficient (Wildman–Crippen LogP) is 3.67. The average Bonchev–Trinajstić information content (AvgIpc) is 2.72. The zero-order valence-corrected chi connectivity index (χ0v) is 14.4. The number of amides is 1. The number of β-lactam (4-membered cyclic amide) rings is 1. The summed E-state index contributed by atoms with van der Waals surface area (Å²) in [6, 6.07) is 25.5. The molecule has 1 aliphatic heterocycles. The lowest BCUT2D eigenvalue weighted by Crippen LogP contribution is -2.66. The lowest BCUT2D eigenvalue weighted by atomic mass is 9.73. The van der Waals surface area contributed by atoms with Crippen LogP contribution in [0.25, 0.3) is 0 Å². The highest BCUT2D eigenvalue weighted by molar-refractivity contribution is 6.08. The van der Waals surface area contributed by atoms with Crippen LogP contribution in [0.2, 0.25) is 0 Å². The first-order valence-electron chi connectivity index (χ1n) is 8.47. The second-order valence-corrected chi connectivity index (χ2v) is 6.32. The summed E-state index contributed by atoms with van der Waals surface area (Å²) in [6.07, 6.45) is 0. The topological polar surface area (TPSA) is 49.8 Å². The maximum atomic E-state index is 13.0. The molecule has 4 rings (SSSR count). The van der Waals surface area contributed by atoms with Crippen LogP contribution in [0.15, 0.2) is 84.9 Å². The number of anilines is 1. The Balaban J connectivity index is 1.83. The first-order valence-corrected chi connectivity index (χ1v) is 8.47. The van der Waals surface area contributed by atoms with E-state index in [1.807, 2.05) is 72.8 Å². The highest BCUT2D eigenvalue weighted by Crippen LogP contribution is 2.51. The Bertz CT molecular complexity index is 909. The summed E-state index contributed by atoms with van der Waals surface area (Å²) in [6.45, 7) is 0. The van der Waals surface area contributed by atoms with Gasteiger partial charge in [0, 0.05) is 5.69 Å². The van der Waals surface area contributed by atoms with E-state index in [1.54, 1.807) is 24.1 Å². The van der Waals surface area contributed by atoms with Crippen LogP contribution in [-0.2, 0) is 10.4 Å². The van der Waals surface area contributed by atoms with Crippen molar-refractivity contribution in [3.63, 3.8) is 0 Å². The summed E-state index contributed by atoms with van der Waals surface area (Å²) >= 11 is 0. The van der Waals surface area contributed by atoms with Crippen LogP contribution in [-0.4, -0.2) is 18.1 Å². The van der Waals surface area contributed by atoms with Gasteiger partial charge in [-0.3, -0.25) is 9.69 Å². The molecule has 4 nitrogen and oxygen atoms in total. The molecule has 2 atom stereocenters. The molecule has 0 radical (unpaired) electrons. The number of nitrogens with zero attached hydrogens (tertiary/aromatic N) is 1. The Hall–Kier alpha value is -3.11. The molecule has 0 aromatic heterocycles. The van der Waals surface area contributed by atoms with Crippen molar-refractivity contribution in [2.75, 3.05) is 12.0 Å². The fourth-order valence-corrected chi connectivity index (χ4v) is 3.54. The number of hydrogen-bond acceptors (Lipinski definition) is 3. The molecule has 1 N–H and O–H groups in total. The second kappa shape index (κ2) is 6.32. The minimum atomic E-state index is -1.59. The number of para-hydroxylation sites is 1. The smallest absolute Gasteiger partial charge is 0.266 e. The van der Waals surface area contributed by atoms with Gasteiger partial charge in [0.1, 0.15) is 11.8 Å². The Morgan fingerprint density at radius 3 is 2.04 bits per heavy atom. The summed E-state index contributed by atoms with van der Waals surface area (Å²) < 4.78 is 5.23. The molecular weight excluding hydrogens is 326 g/mol. The molecule has 2 unspecified atom stereocenters. The molecule has 0 bridgehead atoms. The Morgan fingerprint density at radius 1 is 0.885 bits per heavy atom. The lowest BCUT2D eigenvalue weighted by Gasteiger charge is -2.53. The number of rotatable bonds is 4. The van der Waals surface area contributed by atoms with E-state index in [2.05, 4.69) is 0 Å². The normalized spacial score (nSPS) is 22.0. The number of benzene rings is 3. The monoisotopic (exact) mass is 345 g/mol.